The SMILES string of the molecule is O=C(NC[C@H]1CC[C@@H]2CCC[C@@H]21)c1ccc2cn[nH]c2n1. The monoisotopic (exact) mass is 284 g/mol. The summed E-state index contributed by atoms with van der Waals surface area (Å²) in [4.78, 5) is 16.6. The fourth-order valence-electron chi connectivity index (χ4n) is 4.21. The van der Waals surface area contributed by atoms with Gasteiger partial charge in [0.2, 0.25) is 0 Å². The minimum atomic E-state index is -0.0760. The summed E-state index contributed by atoms with van der Waals surface area (Å²) in [6, 6.07) is 3.64. The van der Waals surface area contributed by atoms with Crippen LogP contribution in [0.15, 0.2) is 18.3 Å². The summed E-state index contributed by atoms with van der Waals surface area (Å²) in [5, 5.41) is 10.7. The molecule has 0 bridgehead atoms. The molecule has 2 aliphatic carbocycles. The molecule has 2 fully saturated rings. The lowest BCUT2D eigenvalue weighted by Crippen LogP contribution is -2.31. The summed E-state index contributed by atoms with van der Waals surface area (Å²) in [7, 11) is 0. The van der Waals surface area contributed by atoms with E-state index in [0.29, 0.717) is 17.3 Å². The van der Waals surface area contributed by atoms with E-state index in [0.717, 1.165) is 23.8 Å². The number of fused-ring (bicyclic) bond motifs is 2. The second-order valence-corrected chi connectivity index (χ2v) is 6.41. The van der Waals surface area contributed by atoms with Crippen molar-refractivity contribution in [1.29, 1.82) is 0 Å². The number of nitrogens with one attached hydrogen (secondary N) is 2. The molecule has 0 aliphatic heterocycles. The number of rotatable bonds is 3. The van der Waals surface area contributed by atoms with E-state index in [-0.39, 0.29) is 5.91 Å². The summed E-state index contributed by atoms with van der Waals surface area (Å²) in [5.41, 5.74) is 1.13. The molecule has 110 valence electrons. The third-order valence-corrected chi connectivity index (χ3v) is 5.29. The maximum absolute atomic E-state index is 12.3. The number of carbonyl (C=O) groups excluding carboxylic acids is 1. The Morgan fingerprint density at radius 1 is 1.29 bits per heavy atom. The molecule has 2 aromatic rings. The van der Waals surface area contributed by atoms with Gasteiger partial charge in [-0.15, -0.1) is 0 Å². The van der Waals surface area contributed by atoms with Crippen LogP contribution in [0.2, 0.25) is 0 Å². The van der Waals surface area contributed by atoms with E-state index in [4.69, 9.17) is 0 Å². The van der Waals surface area contributed by atoms with Crippen molar-refractivity contribution in [2.75, 3.05) is 6.54 Å². The molecular formula is C16H20N4O. The van der Waals surface area contributed by atoms with Crippen molar-refractivity contribution >= 4 is 16.9 Å². The maximum atomic E-state index is 12.3. The van der Waals surface area contributed by atoms with Gasteiger partial charge in [0, 0.05) is 11.9 Å². The largest absolute Gasteiger partial charge is 0.350 e. The number of hydrogen-bond donors (Lipinski definition) is 2. The van der Waals surface area contributed by atoms with E-state index in [1.54, 1.807) is 12.3 Å². The summed E-state index contributed by atoms with van der Waals surface area (Å²) in [5.74, 6) is 2.35. The molecule has 1 amide bonds. The molecule has 0 radical (unpaired) electrons. The molecular weight excluding hydrogens is 264 g/mol. The third kappa shape index (κ3) is 2.30. The minimum absolute atomic E-state index is 0.0760. The average Bonchev–Trinajstić information content (AvgIpc) is 3.20. The summed E-state index contributed by atoms with van der Waals surface area (Å²) in [6.07, 6.45) is 8.45. The normalized spacial score (nSPS) is 27.9. The van der Waals surface area contributed by atoms with Crippen molar-refractivity contribution in [3.05, 3.63) is 24.0 Å². The van der Waals surface area contributed by atoms with Crippen LogP contribution in [-0.2, 0) is 0 Å². The van der Waals surface area contributed by atoms with Gasteiger partial charge in [-0.25, -0.2) is 4.98 Å². The van der Waals surface area contributed by atoms with Crippen LogP contribution in [0.5, 0.6) is 0 Å². The molecule has 2 aromatic heterocycles. The van der Waals surface area contributed by atoms with Gasteiger partial charge in [0.15, 0.2) is 5.65 Å². The van der Waals surface area contributed by atoms with Crippen molar-refractivity contribution in [3.8, 4) is 0 Å². The van der Waals surface area contributed by atoms with Gasteiger partial charge in [0.1, 0.15) is 5.69 Å². The molecule has 0 aromatic carbocycles. The predicted molar refractivity (Wildman–Crippen MR) is 79.8 cm³/mol. The Bertz CT molecular complexity index is 665. The number of aromatic nitrogens is 3. The van der Waals surface area contributed by atoms with Gasteiger partial charge >= 0.3 is 0 Å². The predicted octanol–water partition coefficient (Wildman–Crippen LogP) is 2.51. The number of pyridine rings is 1. The lowest BCUT2D eigenvalue weighted by Gasteiger charge is -2.18. The van der Waals surface area contributed by atoms with E-state index < -0.39 is 0 Å². The molecule has 2 saturated carbocycles. The maximum Gasteiger partial charge on any atom is 0.269 e. The van der Waals surface area contributed by atoms with Crippen molar-refractivity contribution < 1.29 is 4.79 Å². The summed E-state index contributed by atoms with van der Waals surface area (Å²) in [6.45, 7) is 0.794. The topological polar surface area (TPSA) is 70.7 Å². The second-order valence-electron chi connectivity index (χ2n) is 6.41. The lowest BCUT2D eigenvalue weighted by molar-refractivity contribution is 0.0938. The molecule has 0 unspecified atom stereocenters. The highest BCUT2D eigenvalue weighted by Gasteiger charge is 2.38. The molecule has 3 atom stereocenters. The zero-order chi connectivity index (χ0) is 14.2. The van der Waals surface area contributed by atoms with Crippen molar-refractivity contribution in [2.24, 2.45) is 17.8 Å². The quantitative estimate of drug-likeness (QED) is 0.909. The average molecular weight is 284 g/mol. The number of H-pyrrole nitrogens is 1. The lowest BCUT2D eigenvalue weighted by atomic mass is 9.92. The van der Waals surface area contributed by atoms with E-state index in [1.807, 2.05) is 6.07 Å². The van der Waals surface area contributed by atoms with Gasteiger partial charge in [-0.3, -0.25) is 9.89 Å². The zero-order valence-corrected chi connectivity index (χ0v) is 12.0. The Morgan fingerprint density at radius 2 is 2.24 bits per heavy atom. The van der Waals surface area contributed by atoms with Gasteiger partial charge < -0.3 is 5.32 Å². The molecule has 0 saturated heterocycles. The second kappa shape index (κ2) is 5.13. The molecule has 5 heteroatoms. The van der Waals surface area contributed by atoms with Crippen LogP contribution in [0.25, 0.3) is 11.0 Å². The van der Waals surface area contributed by atoms with E-state index in [2.05, 4.69) is 20.5 Å². The van der Waals surface area contributed by atoms with Gasteiger partial charge in [-0.2, -0.15) is 5.10 Å². The molecule has 0 spiro atoms. The Balaban J connectivity index is 1.41. The Kier molecular flexibility index (Phi) is 3.13. The van der Waals surface area contributed by atoms with Crippen LogP contribution in [-0.4, -0.2) is 27.6 Å². The Morgan fingerprint density at radius 3 is 3.19 bits per heavy atom. The van der Waals surface area contributed by atoms with Crippen molar-refractivity contribution in [1.82, 2.24) is 20.5 Å². The van der Waals surface area contributed by atoms with Crippen LogP contribution in [0, 0.1) is 17.8 Å². The van der Waals surface area contributed by atoms with Crippen molar-refractivity contribution in [2.45, 2.75) is 32.1 Å². The molecule has 5 nitrogen and oxygen atoms in total. The van der Waals surface area contributed by atoms with Gasteiger partial charge in [0.25, 0.3) is 5.91 Å². The van der Waals surface area contributed by atoms with E-state index >= 15 is 0 Å². The number of hydrogen-bond acceptors (Lipinski definition) is 3. The minimum Gasteiger partial charge on any atom is -0.350 e. The standard InChI is InChI=1S/C16H20N4O/c21-16(14-7-6-12-9-18-20-15(12)19-14)17-8-11-5-4-10-2-1-3-13(10)11/h6-7,9-11,13H,1-5,8H2,(H,17,21)(H,18,19,20)/t10-,11+,13-/m0/s1. The fraction of sp³-hybridized carbons (Fsp3) is 0.562. The fourth-order valence-corrected chi connectivity index (χ4v) is 4.21. The third-order valence-electron chi connectivity index (χ3n) is 5.29. The molecule has 2 N–H and O–H groups in total. The van der Waals surface area contributed by atoms with Crippen LogP contribution in [0.4, 0.5) is 0 Å². The first-order valence-electron chi connectivity index (χ1n) is 7.89. The first-order chi connectivity index (χ1) is 10.3. The highest BCUT2D eigenvalue weighted by atomic mass is 16.1. The van der Waals surface area contributed by atoms with Crippen LogP contribution >= 0.6 is 0 Å². The summed E-state index contributed by atoms with van der Waals surface area (Å²) >= 11 is 0. The smallest absolute Gasteiger partial charge is 0.269 e. The number of amides is 1. The van der Waals surface area contributed by atoms with E-state index in [9.17, 15) is 4.79 Å². The van der Waals surface area contributed by atoms with Crippen molar-refractivity contribution in [3.63, 3.8) is 0 Å². The first-order valence-corrected chi connectivity index (χ1v) is 7.89. The highest BCUT2D eigenvalue weighted by Crippen LogP contribution is 2.47. The molecule has 2 aliphatic rings. The molecule has 21 heavy (non-hydrogen) atoms. The summed E-state index contributed by atoms with van der Waals surface area (Å²) < 4.78 is 0. The Hall–Kier alpha value is -1.91. The number of carbonyl (C=O) groups is 1. The van der Waals surface area contributed by atoms with Crippen LogP contribution in [0.1, 0.15) is 42.6 Å². The van der Waals surface area contributed by atoms with Gasteiger partial charge in [-0.1, -0.05) is 12.8 Å². The zero-order valence-electron chi connectivity index (χ0n) is 12.0. The van der Waals surface area contributed by atoms with E-state index in [1.165, 1.54) is 32.1 Å². The van der Waals surface area contributed by atoms with Crippen LogP contribution < -0.4 is 5.32 Å². The molecule has 4 rings (SSSR count). The molecule has 2 heterocycles. The highest BCUT2D eigenvalue weighted by molar-refractivity contribution is 5.94. The van der Waals surface area contributed by atoms with Crippen LogP contribution in [0.3, 0.4) is 0 Å². The van der Waals surface area contributed by atoms with Gasteiger partial charge in [0.05, 0.1) is 6.20 Å². The Labute approximate surface area is 123 Å². The number of aromatic amines is 1. The van der Waals surface area contributed by atoms with Gasteiger partial charge in [-0.05, 0) is 49.1 Å². The number of nitrogens with zero attached hydrogens (tertiary/aromatic N) is 2. The first kappa shape index (κ1) is 12.8.